The molecule has 2 aromatic rings. The highest BCUT2D eigenvalue weighted by Crippen LogP contribution is 2.31. The summed E-state index contributed by atoms with van der Waals surface area (Å²) in [4.78, 5) is 16.2. The SMILES string of the molecule is C/N=C\C(=C(\OCOC(=O)C(C)C)c1c(C)c(C)nn1C)c1ccc(C(C)(C)C)cc1. The summed E-state index contributed by atoms with van der Waals surface area (Å²) in [6.45, 7) is 13.9. The number of benzene rings is 1. The van der Waals surface area contributed by atoms with Crippen molar-refractivity contribution < 1.29 is 14.3 Å². The van der Waals surface area contributed by atoms with Crippen molar-refractivity contribution >= 4 is 23.5 Å². The average molecular weight is 426 g/mol. The van der Waals surface area contributed by atoms with Crippen LogP contribution in [0, 0.1) is 19.8 Å². The number of carbonyl (C=O) groups excluding carboxylic acids is 1. The van der Waals surface area contributed by atoms with Gasteiger partial charge in [-0.3, -0.25) is 14.5 Å². The van der Waals surface area contributed by atoms with Crippen LogP contribution in [0.25, 0.3) is 11.3 Å². The lowest BCUT2D eigenvalue weighted by atomic mass is 9.86. The van der Waals surface area contributed by atoms with Crippen molar-refractivity contribution in [1.29, 1.82) is 0 Å². The summed E-state index contributed by atoms with van der Waals surface area (Å²) in [6, 6.07) is 8.38. The molecule has 6 heteroatoms. The molecule has 1 heterocycles. The maximum absolute atomic E-state index is 11.9. The fraction of sp³-hybridized carbons (Fsp3) is 0.480. The summed E-state index contributed by atoms with van der Waals surface area (Å²) in [6.07, 6.45) is 1.77. The fourth-order valence-corrected chi connectivity index (χ4v) is 3.21. The molecule has 0 radical (unpaired) electrons. The minimum absolute atomic E-state index is 0.0569. The smallest absolute Gasteiger partial charge is 0.311 e. The number of allylic oxidation sites excluding steroid dienone is 1. The second-order valence-electron chi connectivity index (χ2n) is 9.02. The standard InChI is InChI=1S/C25H35N3O3/c1-16(2)24(29)31-15-30-23(22-17(3)18(4)27-28(22)9)21(14-26-8)19-10-12-20(13-11-19)25(5,6)7/h10-14,16H,15H2,1-9H3/b23-21-,26-14-. The third kappa shape index (κ3) is 5.84. The Morgan fingerprint density at radius 3 is 2.23 bits per heavy atom. The normalized spacial score (nSPS) is 13.0. The number of hydrogen-bond acceptors (Lipinski definition) is 5. The van der Waals surface area contributed by atoms with Crippen LogP contribution in [0.3, 0.4) is 0 Å². The van der Waals surface area contributed by atoms with Gasteiger partial charge in [-0.15, -0.1) is 0 Å². The molecule has 2 rings (SSSR count). The van der Waals surface area contributed by atoms with E-state index < -0.39 is 0 Å². The second kappa shape index (κ2) is 9.94. The van der Waals surface area contributed by atoms with E-state index in [-0.39, 0.29) is 24.1 Å². The number of rotatable bonds is 7. The van der Waals surface area contributed by atoms with E-state index in [0.717, 1.165) is 28.1 Å². The zero-order valence-electron chi connectivity index (χ0n) is 20.2. The second-order valence-corrected chi connectivity index (χ2v) is 9.02. The van der Waals surface area contributed by atoms with Gasteiger partial charge in [0.15, 0.2) is 5.76 Å². The molecule has 0 fully saturated rings. The Morgan fingerprint density at radius 2 is 1.77 bits per heavy atom. The Kier molecular flexibility index (Phi) is 7.82. The topological polar surface area (TPSA) is 65.7 Å². The van der Waals surface area contributed by atoms with Crippen molar-refractivity contribution in [3.05, 3.63) is 52.3 Å². The number of aliphatic imine (C=N–C) groups is 1. The van der Waals surface area contributed by atoms with Gasteiger partial charge in [-0.25, -0.2) is 0 Å². The summed E-state index contributed by atoms with van der Waals surface area (Å²) in [5.74, 6) is 0.0436. The number of aryl methyl sites for hydroxylation is 2. The third-order valence-electron chi connectivity index (χ3n) is 5.18. The molecular formula is C25H35N3O3. The molecule has 0 bridgehead atoms. The predicted molar refractivity (Wildman–Crippen MR) is 126 cm³/mol. The van der Waals surface area contributed by atoms with Gasteiger partial charge in [0.2, 0.25) is 6.79 Å². The Labute approximate surface area is 186 Å². The van der Waals surface area contributed by atoms with Crippen molar-refractivity contribution in [2.75, 3.05) is 13.8 Å². The van der Waals surface area contributed by atoms with E-state index in [1.807, 2.05) is 20.9 Å². The molecule has 0 spiro atoms. The highest BCUT2D eigenvalue weighted by molar-refractivity contribution is 6.18. The van der Waals surface area contributed by atoms with Gasteiger partial charge in [0.1, 0.15) is 5.69 Å². The molecule has 0 aliphatic carbocycles. The van der Waals surface area contributed by atoms with Gasteiger partial charge < -0.3 is 9.47 Å². The molecule has 0 aliphatic rings. The van der Waals surface area contributed by atoms with Crippen LogP contribution in [0.2, 0.25) is 0 Å². The lowest BCUT2D eigenvalue weighted by Crippen LogP contribution is -2.15. The number of aromatic nitrogens is 2. The first-order valence-corrected chi connectivity index (χ1v) is 10.5. The third-order valence-corrected chi connectivity index (χ3v) is 5.18. The monoisotopic (exact) mass is 425 g/mol. The largest absolute Gasteiger partial charge is 0.454 e. The summed E-state index contributed by atoms with van der Waals surface area (Å²) >= 11 is 0. The van der Waals surface area contributed by atoms with Crippen LogP contribution in [-0.4, -0.2) is 35.8 Å². The van der Waals surface area contributed by atoms with Crippen LogP contribution < -0.4 is 0 Å². The van der Waals surface area contributed by atoms with Crippen LogP contribution in [0.5, 0.6) is 0 Å². The van der Waals surface area contributed by atoms with E-state index in [1.165, 1.54) is 5.56 Å². The molecule has 0 saturated carbocycles. The van der Waals surface area contributed by atoms with E-state index in [1.54, 1.807) is 31.8 Å². The van der Waals surface area contributed by atoms with Crippen LogP contribution >= 0.6 is 0 Å². The summed E-state index contributed by atoms with van der Waals surface area (Å²) in [7, 11) is 3.60. The molecule has 6 nitrogen and oxygen atoms in total. The van der Waals surface area contributed by atoms with Gasteiger partial charge in [0, 0.05) is 31.4 Å². The first kappa shape index (κ1) is 24.4. The molecule has 1 aromatic carbocycles. The highest BCUT2D eigenvalue weighted by atomic mass is 16.7. The number of esters is 1. The van der Waals surface area contributed by atoms with Gasteiger partial charge in [0.05, 0.1) is 11.6 Å². The van der Waals surface area contributed by atoms with Crippen LogP contribution in [0.4, 0.5) is 0 Å². The van der Waals surface area contributed by atoms with Gasteiger partial charge >= 0.3 is 5.97 Å². The zero-order valence-corrected chi connectivity index (χ0v) is 20.2. The number of nitrogens with zero attached hydrogens (tertiary/aromatic N) is 3. The lowest BCUT2D eigenvalue weighted by molar-refractivity contribution is -0.155. The summed E-state index contributed by atoms with van der Waals surface area (Å²) < 4.78 is 13.2. The van der Waals surface area contributed by atoms with Crippen molar-refractivity contribution in [2.24, 2.45) is 18.0 Å². The number of ether oxygens (including phenoxy) is 2. The molecule has 0 amide bonds. The van der Waals surface area contributed by atoms with E-state index in [4.69, 9.17) is 9.47 Å². The van der Waals surface area contributed by atoms with E-state index in [0.29, 0.717) is 5.76 Å². The fourth-order valence-electron chi connectivity index (χ4n) is 3.21. The van der Waals surface area contributed by atoms with Crippen molar-refractivity contribution in [3.8, 4) is 0 Å². The molecular weight excluding hydrogens is 390 g/mol. The Bertz CT molecular complexity index is 975. The van der Waals surface area contributed by atoms with Crippen LogP contribution in [0.15, 0.2) is 29.3 Å². The maximum atomic E-state index is 11.9. The van der Waals surface area contributed by atoms with Gasteiger partial charge in [-0.2, -0.15) is 5.10 Å². The molecule has 1 aromatic heterocycles. The quantitative estimate of drug-likeness (QED) is 0.269. The summed E-state index contributed by atoms with van der Waals surface area (Å²) in [5.41, 5.74) is 5.80. The molecule has 0 N–H and O–H groups in total. The van der Waals surface area contributed by atoms with Crippen LogP contribution in [0.1, 0.15) is 62.7 Å². The van der Waals surface area contributed by atoms with Gasteiger partial charge in [-0.05, 0) is 30.4 Å². The van der Waals surface area contributed by atoms with E-state index in [2.05, 4.69) is 55.1 Å². The van der Waals surface area contributed by atoms with Gasteiger partial charge in [0.25, 0.3) is 0 Å². The van der Waals surface area contributed by atoms with Crippen molar-refractivity contribution in [2.45, 2.75) is 53.9 Å². The number of carbonyl (C=O) groups is 1. The first-order chi connectivity index (χ1) is 14.5. The lowest BCUT2D eigenvalue weighted by Gasteiger charge is -2.20. The van der Waals surface area contributed by atoms with Crippen molar-refractivity contribution in [3.63, 3.8) is 0 Å². The Hall–Kier alpha value is -2.89. The van der Waals surface area contributed by atoms with E-state index in [9.17, 15) is 4.79 Å². The molecule has 168 valence electrons. The Balaban J connectivity index is 2.61. The van der Waals surface area contributed by atoms with Crippen LogP contribution in [-0.2, 0) is 26.7 Å². The molecule has 0 atom stereocenters. The first-order valence-electron chi connectivity index (χ1n) is 10.5. The molecule has 0 saturated heterocycles. The minimum Gasteiger partial charge on any atom is -0.454 e. The van der Waals surface area contributed by atoms with Crippen molar-refractivity contribution in [1.82, 2.24) is 9.78 Å². The average Bonchev–Trinajstić information content (AvgIpc) is 2.95. The molecule has 31 heavy (non-hydrogen) atoms. The zero-order chi connectivity index (χ0) is 23.3. The molecule has 0 unspecified atom stereocenters. The Morgan fingerprint density at radius 1 is 1.16 bits per heavy atom. The summed E-state index contributed by atoms with van der Waals surface area (Å²) in [5, 5.41) is 4.54. The maximum Gasteiger partial charge on any atom is 0.311 e. The minimum atomic E-state index is -0.308. The van der Waals surface area contributed by atoms with E-state index >= 15 is 0 Å². The van der Waals surface area contributed by atoms with Gasteiger partial charge in [-0.1, -0.05) is 58.9 Å². The highest BCUT2D eigenvalue weighted by Gasteiger charge is 2.22. The molecule has 0 aliphatic heterocycles. The number of hydrogen-bond donors (Lipinski definition) is 0. The predicted octanol–water partition coefficient (Wildman–Crippen LogP) is 5.08.